The van der Waals surface area contributed by atoms with Gasteiger partial charge < -0.3 is 15.8 Å². The number of hydrogen-bond donors (Lipinski definition) is 2. The first-order chi connectivity index (χ1) is 7.58. The third-order valence-corrected chi connectivity index (χ3v) is 2.67. The Bertz CT molecular complexity index is 432. The summed E-state index contributed by atoms with van der Waals surface area (Å²) in [6, 6.07) is 7.08. The van der Waals surface area contributed by atoms with Gasteiger partial charge in [0.1, 0.15) is 0 Å². The van der Waals surface area contributed by atoms with Crippen molar-refractivity contribution in [3.8, 4) is 0 Å². The van der Waals surface area contributed by atoms with Crippen LogP contribution in [0.1, 0.15) is 0 Å². The van der Waals surface area contributed by atoms with Crippen molar-refractivity contribution >= 4 is 33.4 Å². The van der Waals surface area contributed by atoms with Gasteiger partial charge in [-0.05, 0) is 24.3 Å². The van der Waals surface area contributed by atoms with Gasteiger partial charge in [0, 0.05) is 10.2 Å². The highest BCUT2D eigenvalue weighted by atomic mass is 79.9. The second kappa shape index (κ2) is 4.23. The summed E-state index contributed by atoms with van der Waals surface area (Å²) in [6.07, 6.45) is -1.53. The number of hydrogen-bond acceptors (Lipinski definition) is 3. The molecule has 1 aromatic rings. The fraction of sp³-hybridized carbons (Fsp3) is 0.200. The molecule has 3 N–H and O–H groups in total. The van der Waals surface area contributed by atoms with E-state index in [1.165, 1.54) is 0 Å². The van der Waals surface area contributed by atoms with E-state index in [1.807, 2.05) is 0 Å². The lowest BCUT2D eigenvalue weighted by Gasteiger charge is -2.02. The molecule has 2 rings (SSSR count). The van der Waals surface area contributed by atoms with E-state index in [4.69, 9.17) is 10.5 Å². The highest BCUT2D eigenvalue weighted by Crippen LogP contribution is 2.23. The lowest BCUT2D eigenvalue weighted by molar-refractivity contribution is -0.120. The maximum Gasteiger partial charge on any atom is 0.256 e. The summed E-state index contributed by atoms with van der Waals surface area (Å²) in [5, 5.41) is 2.62. The molecule has 1 aliphatic rings. The smallest absolute Gasteiger partial charge is 0.256 e. The largest absolute Gasteiger partial charge is 0.367 e. The molecule has 1 heterocycles. The SMILES string of the molecule is NC(=O)[C@@H]1O[C@@H]1C(=O)Nc1ccc(Br)cc1. The van der Waals surface area contributed by atoms with E-state index in [0.717, 1.165) is 4.47 Å². The molecule has 2 amide bonds. The van der Waals surface area contributed by atoms with Crippen molar-refractivity contribution in [1.82, 2.24) is 0 Å². The Hall–Kier alpha value is -1.40. The fourth-order valence-electron chi connectivity index (χ4n) is 1.27. The number of anilines is 1. The summed E-state index contributed by atoms with van der Waals surface area (Å²) in [5.74, 6) is -0.970. The van der Waals surface area contributed by atoms with Crippen molar-refractivity contribution in [3.05, 3.63) is 28.7 Å². The van der Waals surface area contributed by atoms with E-state index < -0.39 is 18.1 Å². The molecule has 84 valence electrons. The normalized spacial score (nSPS) is 22.6. The van der Waals surface area contributed by atoms with E-state index in [1.54, 1.807) is 24.3 Å². The third-order valence-electron chi connectivity index (χ3n) is 2.14. The van der Waals surface area contributed by atoms with Crippen LogP contribution in [0.4, 0.5) is 5.69 Å². The lowest BCUT2D eigenvalue weighted by atomic mass is 10.2. The summed E-state index contributed by atoms with van der Waals surface area (Å²) in [4.78, 5) is 22.2. The molecule has 0 unspecified atom stereocenters. The monoisotopic (exact) mass is 284 g/mol. The van der Waals surface area contributed by atoms with Crippen LogP contribution < -0.4 is 11.1 Å². The van der Waals surface area contributed by atoms with Crippen molar-refractivity contribution in [2.24, 2.45) is 5.73 Å². The molecule has 1 fully saturated rings. The van der Waals surface area contributed by atoms with Crippen LogP contribution in [0.15, 0.2) is 28.7 Å². The first-order valence-electron chi connectivity index (χ1n) is 4.59. The van der Waals surface area contributed by atoms with Crippen molar-refractivity contribution in [2.75, 3.05) is 5.32 Å². The first kappa shape index (κ1) is 11.1. The van der Waals surface area contributed by atoms with Crippen LogP contribution in [-0.4, -0.2) is 24.0 Å². The minimum Gasteiger partial charge on any atom is -0.367 e. The molecule has 0 aliphatic carbocycles. The van der Waals surface area contributed by atoms with Gasteiger partial charge in [0.15, 0.2) is 12.2 Å². The van der Waals surface area contributed by atoms with Crippen LogP contribution in [-0.2, 0) is 14.3 Å². The number of benzene rings is 1. The number of primary amides is 1. The van der Waals surface area contributed by atoms with Crippen molar-refractivity contribution in [2.45, 2.75) is 12.2 Å². The molecule has 5 nitrogen and oxygen atoms in total. The summed E-state index contributed by atoms with van der Waals surface area (Å²) in [6.45, 7) is 0. The number of rotatable bonds is 3. The molecule has 0 bridgehead atoms. The predicted octanol–water partition coefficient (Wildman–Crippen LogP) is 0.640. The Morgan fingerprint density at radius 1 is 1.25 bits per heavy atom. The van der Waals surface area contributed by atoms with Gasteiger partial charge in [-0.25, -0.2) is 0 Å². The van der Waals surface area contributed by atoms with Crippen LogP contribution in [0.2, 0.25) is 0 Å². The Balaban J connectivity index is 1.94. The number of carbonyl (C=O) groups excluding carboxylic acids is 2. The molecular weight excluding hydrogens is 276 g/mol. The Kier molecular flexibility index (Phi) is 2.93. The standard InChI is InChI=1S/C10H9BrN2O3/c11-5-1-3-6(4-2-5)13-10(15)8-7(16-8)9(12)14/h1-4,7-8H,(H2,12,14)(H,13,15)/t7-,8+/m1/s1. The number of epoxide rings is 1. The zero-order chi connectivity index (χ0) is 11.7. The second-order valence-electron chi connectivity index (χ2n) is 3.38. The van der Waals surface area contributed by atoms with Crippen LogP contribution in [0.5, 0.6) is 0 Å². The molecule has 1 saturated heterocycles. The second-order valence-corrected chi connectivity index (χ2v) is 4.29. The van der Waals surface area contributed by atoms with Gasteiger partial charge in [-0.2, -0.15) is 0 Å². The molecule has 0 spiro atoms. The van der Waals surface area contributed by atoms with Crippen molar-refractivity contribution < 1.29 is 14.3 Å². The minimum atomic E-state index is -0.782. The fourth-order valence-corrected chi connectivity index (χ4v) is 1.54. The Morgan fingerprint density at radius 2 is 1.88 bits per heavy atom. The van der Waals surface area contributed by atoms with Crippen LogP contribution in [0, 0.1) is 0 Å². The summed E-state index contributed by atoms with van der Waals surface area (Å²) >= 11 is 3.28. The molecule has 1 aromatic carbocycles. The quantitative estimate of drug-likeness (QED) is 0.799. The zero-order valence-corrected chi connectivity index (χ0v) is 9.73. The van der Waals surface area contributed by atoms with Crippen LogP contribution >= 0.6 is 15.9 Å². The molecule has 2 atom stereocenters. The van der Waals surface area contributed by atoms with Crippen LogP contribution in [0.25, 0.3) is 0 Å². The molecular formula is C10H9BrN2O3. The predicted molar refractivity (Wildman–Crippen MR) is 60.6 cm³/mol. The van der Waals surface area contributed by atoms with Gasteiger partial charge in [0.25, 0.3) is 5.91 Å². The van der Waals surface area contributed by atoms with Gasteiger partial charge >= 0.3 is 0 Å². The number of nitrogens with one attached hydrogen (secondary N) is 1. The Labute approximate surface area is 100 Å². The zero-order valence-electron chi connectivity index (χ0n) is 8.14. The van der Waals surface area contributed by atoms with Gasteiger partial charge in [0.2, 0.25) is 5.91 Å². The van der Waals surface area contributed by atoms with Crippen LogP contribution in [0.3, 0.4) is 0 Å². The van der Waals surface area contributed by atoms with E-state index in [-0.39, 0.29) is 5.91 Å². The average Bonchev–Trinajstić information content (AvgIpc) is 3.01. The van der Waals surface area contributed by atoms with Gasteiger partial charge in [-0.15, -0.1) is 0 Å². The van der Waals surface area contributed by atoms with E-state index >= 15 is 0 Å². The molecule has 0 aromatic heterocycles. The topological polar surface area (TPSA) is 84.7 Å². The highest BCUT2D eigenvalue weighted by molar-refractivity contribution is 9.10. The van der Waals surface area contributed by atoms with E-state index in [0.29, 0.717) is 5.69 Å². The van der Waals surface area contributed by atoms with E-state index in [2.05, 4.69) is 21.2 Å². The number of nitrogens with two attached hydrogens (primary N) is 1. The Morgan fingerprint density at radius 3 is 2.38 bits per heavy atom. The lowest BCUT2D eigenvalue weighted by Crippen LogP contribution is -2.26. The first-order valence-corrected chi connectivity index (χ1v) is 5.38. The summed E-state index contributed by atoms with van der Waals surface area (Å²) < 4.78 is 5.76. The van der Waals surface area contributed by atoms with Crippen molar-refractivity contribution in [3.63, 3.8) is 0 Å². The maximum absolute atomic E-state index is 11.5. The van der Waals surface area contributed by atoms with E-state index in [9.17, 15) is 9.59 Å². The molecule has 6 heteroatoms. The summed E-state index contributed by atoms with van der Waals surface area (Å²) in [5.41, 5.74) is 5.63. The van der Waals surface area contributed by atoms with Crippen molar-refractivity contribution in [1.29, 1.82) is 0 Å². The number of ether oxygens (including phenoxy) is 1. The molecule has 16 heavy (non-hydrogen) atoms. The van der Waals surface area contributed by atoms with Gasteiger partial charge in [0.05, 0.1) is 0 Å². The van der Waals surface area contributed by atoms with Gasteiger partial charge in [-0.1, -0.05) is 15.9 Å². The average molecular weight is 285 g/mol. The maximum atomic E-state index is 11.5. The number of amides is 2. The summed E-state index contributed by atoms with van der Waals surface area (Å²) in [7, 11) is 0. The molecule has 0 saturated carbocycles. The third kappa shape index (κ3) is 2.40. The molecule has 1 aliphatic heterocycles. The minimum absolute atomic E-state index is 0.355. The number of halogens is 1. The highest BCUT2D eigenvalue weighted by Gasteiger charge is 2.49. The van der Waals surface area contributed by atoms with Gasteiger partial charge in [-0.3, -0.25) is 9.59 Å². The number of carbonyl (C=O) groups is 2. The molecule has 0 radical (unpaired) electrons.